The van der Waals surface area contributed by atoms with E-state index >= 15 is 0 Å². The second kappa shape index (κ2) is 5.96. The van der Waals surface area contributed by atoms with Crippen molar-refractivity contribution in [3.8, 4) is 0 Å². The minimum Gasteiger partial charge on any atom is -0.481 e. The van der Waals surface area contributed by atoms with Crippen LogP contribution in [0.4, 0.5) is 11.4 Å². The van der Waals surface area contributed by atoms with Crippen LogP contribution in [0.25, 0.3) is 10.9 Å². The van der Waals surface area contributed by atoms with Crippen LogP contribution in [0, 0.1) is 10.1 Å². The first kappa shape index (κ1) is 13.7. The van der Waals surface area contributed by atoms with Gasteiger partial charge in [0, 0.05) is 19.2 Å². The van der Waals surface area contributed by atoms with Gasteiger partial charge < -0.3 is 10.4 Å². The van der Waals surface area contributed by atoms with E-state index in [4.69, 9.17) is 5.11 Å². The van der Waals surface area contributed by atoms with E-state index in [1.54, 1.807) is 30.5 Å². The number of anilines is 1. The van der Waals surface area contributed by atoms with Crippen LogP contribution >= 0.6 is 0 Å². The van der Waals surface area contributed by atoms with Gasteiger partial charge in [-0.2, -0.15) is 0 Å². The Bertz CT molecular complexity index is 657. The highest BCUT2D eigenvalue weighted by Crippen LogP contribution is 2.32. The molecule has 0 fully saturated rings. The van der Waals surface area contributed by atoms with E-state index in [0.29, 0.717) is 29.6 Å². The van der Waals surface area contributed by atoms with Crippen LogP contribution in [0.15, 0.2) is 30.5 Å². The lowest BCUT2D eigenvalue weighted by Crippen LogP contribution is -2.07. The summed E-state index contributed by atoms with van der Waals surface area (Å²) < 4.78 is 0. The molecule has 2 N–H and O–H groups in total. The molecule has 0 spiro atoms. The van der Waals surface area contributed by atoms with Gasteiger partial charge in [-0.1, -0.05) is 0 Å². The van der Waals surface area contributed by atoms with Gasteiger partial charge in [0.1, 0.15) is 5.69 Å². The molecule has 0 aliphatic carbocycles. The third-order valence-electron chi connectivity index (χ3n) is 2.82. The Balaban J connectivity index is 2.26. The largest absolute Gasteiger partial charge is 0.481 e. The van der Waals surface area contributed by atoms with Crippen LogP contribution in [0.3, 0.4) is 0 Å². The van der Waals surface area contributed by atoms with Gasteiger partial charge in [0.25, 0.3) is 0 Å². The van der Waals surface area contributed by atoms with Crippen molar-refractivity contribution in [1.29, 1.82) is 0 Å². The first-order valence-corrected chi connectivity index (χ1v) is 6.07. The molecule has 0 unspecified atom stereocenters. The number of fused-ring (bicyclic) bond motifs is 1. The first-order chi connectivity index (χ1) is 9.59. The summed E-state index contributed by atoms with van der Waals surface area (Å²) in [6.45, 7) is 0.360. The number of hydrogen-bond donors (Lipinski definition) is 2. The average molecular weight is 275 g/mol. The third kappa shape index (κ3) is 3.00. The topological polar surface area (TPSA) is 105 Å². The molecule has 1 aromatic carbocycles. The lowest BCUT2D eigenvalue weighted by molar-refractivity contribution is -0.382. The summed E-state index contributed by atoms with van der Waals surface area (Å²) in [5.41, 5.74) is 0.891. The molecular weight excluding hydrogens is 262 g/mol. The minimum atomic E-state index is -0.885. The molecule has 0 saturated carbocycles. The lowest BCUT2D eigenvalue weighted by Gasteiger charge is -2.08. The summed E-state index contributed by atoms with van der Waals surface area (Å²) >= 11 is 0. The highest BCUT2D eigenvalue weighted by molar-refractivity contribution is 5.94. The molecule has 1 heterocycles. The molecule has 0 amide bonds. The molecular formula is C13H13N3O4. The van der Waals surface area contributed by atoms with Gasteiger partial charge in [-0.25, -0.2) is 0 Å². The molecule has 0 saturated heterocycles. The summed E-state index contributed by atoms with van der Waals surface area (Å²) in [4.78, 5) is 25.3. The van der Waals surface area contributed by atoms with Crippen molar-refractivity contribution in [3.05, 3.63) is 40.6 Å². The highest BCUT2D eigenvalue weighted by Gasteiger charge is 2.18. The molecule has 0 aliphatic rings. The number of aromatic nitrogens is 1. The van der Waals surface area contributed by atoms with Crippen molar-refractivity contribution in [2.45, 2.75) is 12.8 Å². The molecule has 20 heavy (non-hydrogen) atoms. The van der Waals surface area contributed by atoms with Crippen LogP contribution in [0.5, 0.6) is 0 Å². The zero-order valence-corrected chi connectivity index (χ0v) is 10.6. The second-order valence-electron chi connectivity index (χ2n) is 4.21. The molecule has 1 aromatic heterocycles. The van der Waals surface area contributed by atoms with Gasteiger partial charge in [0.05, 0.1) is 15.8 Å². The fourth-order valence-electron chi connectivity index (χ4n) is 1.94. The molecule has 2 rings (SSSR count). The van der Waals surface area contributed by atoms with E-state index < -0.39 is 10.9 Å². The molecule has 7 heteroatoms. The van der Waals surface area contributed by atoms with Crippen LogP contribution in [0.2, 0.25) is 0 Å². The molecule has 7 nitrogen and oxygen atoms in total. The number of aliphatic carboxylic acids is 1. The Hall–Kier alpha value is -2.70. The van der Waals surface area contributed by atoms with E-state index in [9.17, 15) is 14.9 Å². The van der Waals surface area contributed by atoms with Crippen LogP contribution in [0.1, 0.15) is 12.8 Å². The van der Waals surface area contributed by atoms with Crippen molar-refractivity contribution >= 4 is 28.2 Å². The lowest BCUT2D eigenvalue weighted by atomic mass is 10.1. The Morgan fingerprint density at radius 1 is 1.40 bits per heavy atom. The molecule has 104 valence electrons. The van der Waals surface area contributed by atoms with Gasteiger partial charge in [-0.05, 0) is 30.7 Å². The number of carboxylic acids is 1. The Labute approximate surface area is 114 Å². The van der Waals surface area contributed by atoms with Gasteiger partial charge in [-0.15, -0.1) is 0 Å². The Morgan fingerprint density at radius 3 is 2.90 bits per heavy atom. The molecule has 0 radical (unpaired) electrons. The number of hydrogen-bond acceptors (Lipinski definition) is 5. The predicted octanol–water partition coefficient (Wildman–Crippen LogP) is 2.42. The van der Waals surface area contributed by atoms with Crippen LogP contribution < -0.4 is 5.32 Å². The standard InChI is InChI=1S/C13H13N3O4/c17-12(18)4-2-8-15-11-6-5-10-9(3-1-7-14-10)13(11)16(19)20/h1,3,5-7,15H,2,4,8H2,(H,17,18). The van der Waals surface area contributed by atoms with E-state index in [1.165, 1.54) is 0 Å². The maximum absolute atomic E-state index is 11.2. The summed E-state index contributed by atoms with van der Waals surface area (Å²) in [6.07, 6.45) is 2.00. The number of carboxylic acid groups (broad SMARTS) is 1. The number of nitro benzene ring substituents is 1. The first-order valence-electron chi connectivity index (χ1n) is 6.07. The van der Waals surface area contributed by atoms with Gasteiger partial charge >= 0.3 is 11.7 Å². The smallest absolute Gasteiger partial charge is 0.303 e. The van der Waals surface area contributed by atoms with Crippen LogP contribution in [-0.2, 0) is 4.79 Å². The zero-order chi connectivity index (χ0) is 14.5. The average Bonchev–Trinajstić information content (AvgIpc) is 2.42. The Kier molecular flexibility index (Phi) is 4.09. The second-order valence-corrected chi connectivity index (χ2v) is 4.21. The normalized spacial score (nSPS) is 10.4. The number of pyridine rings is 1. The SMILES string of the molecule is O=C(O)CCCNc1ccc2ncccc2c1[N+](=O)[O-]. The molecule has 0 aliphatic heterocycles. The monoisotopic (exact) mass is 275 g/mol. The fraction of sp³-hybridized carbons (Fsp3) is 0.231. The van der Waals surface area contributed by atoms with Crippen LogP contribution in [-0.4, -0.2) is 27.5 Å². The zero-order valence-electron chi connectivity index (χ0n) is 10.6. The minimum absolute atomic E-state index is 0.0237. The van der Waals surface area contributed by atoms with E-state index in [0.717, 1.165) is 0 Å². The maximum Gasteiger partial charge on any atom is 0.303 e. The van der Waals surface area contributed by atoms with E-state index in [-0.39, 0.29) is 12.1 Å². The fourth-order valence-corrected chi connectivity index (χ4v) is 1.94. The van der Waals surface area contributed by atoms with Gasteiger partial charge in [0.2, 0.25) is 0 Å². The quantitative estimate of drug-likeness (QED) is 0.476. The number of carbonyl (C=O) groups is 1. The molecule has 0 atom stereocenters. The third-order valence-corrected chi connectivity index (χ3v) is 2.82. The maximum atomic E-state index is 11.2. The summed E-state index contributed by atoms with van der Waals surface area (Å²) in [5, 5.41) is 23.1. The van der Waals surface area contributed by atoms with Crippen molar-refractivity contribution in [2.75, 3.05) is 11.9 Å². The summed E-state index contributed by atoms with van der Waals surface area (Å²) in [5.74, 6) is -0.885. The number of benzene rings is 1. The van der Waals surface area contributed by atoms with E-state index in [2.05, 4.69) is 10.3 Å². The number of nitrogens with zero attached hydrogens (tertiary/aromatic N) is 2. The number of rotatable bonds is 6. The number of nitro groups is 1. The van der Waals surface area contributed by atoms with Gasteiger partial charge in [-0.3, -0.25) is 19.9 Å². The highest BCUT2D eigenvalue weighted by atomic mass is 16.6. The molecule has 0 bridgehead atoms. The van der Waals surface area contributed by atoms with Crippen molar-refractivity contribution in [3.63, 3.8) is 0 Å². The van der Waals surface area contributed by atoms with Crippen molar-refractivity contribution in [2.24, 2.45) is 0 Å². The Morgan fingerprint density at radius 2 is 2.20 bits per heavy atom. The van der Waals surface area contributed by atoms with Crippen molar-refractivity contribution in [1.82, 2.24) is 4.98 Å². The summed E-state index contributed by atoms with van der Waals surface area (Å²) in [7, 11) is 0. The summed E-state index contributed by atoms with van der Waals surface area (Å²) in [6, 6.07) is 6.57. The number of nitrogens with one attached hydrogen (secondary N) is 1. The predicted molar refractivity (Wildman–Crippen MR) is 73.8 cm³/mol. The van der Waals surface area contributed by atoms with E-state index in [1.807, 2.05) is 0 Å². The van der Waals surface area contributed by atoms with Crippen molar-refractivity contribution < 1.29 is 14.8 Å². The van der Waals surface area contributed by atoms with Gasteiger partial charge in [0.15, 0.2) is 0 Å². The molecule has 2 aromatic rings.